The smallest absolute Gasteiger partial charge is 0.272 e. The first-order valence-corrected chi connectivity index (χ1v) is 12.2. The Morgan fingerprint density at radius 1 is 1.03 bits per heavy atom. The highest BCUT2D eigenvalue weighted by atomic mass is 16.5. The molecule has 4 aromatic rings. The van der Waals surface area contributed by atoms with Crippen molar-refractivity contribution in [2.75, 3.05) is 7.11 Å². The lowest BCUT2D eigenvalue weighted by Crippen LogP contribution is -2.41. The number of methoxy groups -OCH3 is 1. The highest BCUT2D eigenvalue weighted by Crippen LogP contribution is 2.35. The van der Waals surface area contributed by atoms with Gasteiger partial charge < -0.3 is 20.4 Å². The lowest BCUT2D eigenvalue weighted by atomic mass is 9.92. The predicted octanol–water partition coefficient (Wildman–Crippen LogP) is 3.38. The number of nitrogens with two attached hydrogens (primary N) is 1. The number of benzene rings is 2. The molecule has 1 fully saturated rings. The summed E-state index contributed by atoms with van der Waals surface area (Å²) in [6.07, 6.45) is 3.36. The number of aryl methyl sites for hydroxylation is 1. The molecular weight excluding hydrogens is 456 g/mol. The van der Waals surface area contributed by atoms with E-state index in [1.165, 1.54) is 11.7 Å². The van der Waals surface area contributed by atoms with Gasteiger partial charge in [0.25, 0.3) is 11.5 Å². The van der Waals surface area contributed by atoms with Crippen LogP contribution in [0.25, 0.3) is 21.8 Å². The summed E-state index contributed by atoms with van der Waals surface area (Å²) < 4.78 is 8.88. The molecule has 1 amide bonds. The van der Waals surface area contributed by atoms with Crippen molar-refractivity contribution in [3.63, 3.8) is 0 Å². The summed E-state index contributed by atoms with van der Waals surface area (Å²) in [4.78, 5) is 40.4. The standard InChI is InChI=1S/C28H30N4O4/c1-31-24-20-10-6-7-11-21(20)32(16-22(33)17-8-4-3-5-9-17)28(35)23(24)26(36-2)25(31)27(34)30-19-14-12-18(29)13-15-19/h3-11,18-19H,12-16,29H2,1-2H3,(H,30,34). The number of pyridine rings is 1. The van der Waals surface area contributed by atoms with Gasteiger partial charge in [-0.2, -0.15) is 0 Å². The fourth-order valence-corrected chi connectivity index (χ4v) is 5.31. The Bertz CT molecular complexity index is 1510. The second-order valence-corrected chi connectivity index (χ2v) is 9.45. The molecule has 2 aromatic heterocycles. The first-order chi connectivity index (χ1) is 17.4. The number of fused-ring (bicyclic) bond motifs is 3. The number of nitrogens with zero attached hydrogens (tertiary/aromatic N) is 2. The summed E-state index contributed by atoms with van der Waals surface area (Å²) in [7, 11) is 3.22. The second-order valence-electron chi connectivity index (χ2n) is 9.45. The van der Waals surface area contributed by atoms with E-state index in [0.29, 0.717) is 16.6 Å². The van der Waals surface area contributed by atoms with Crippen molar-refractivity contribution in [2.24, 2.45) is 12.8 Å². The molecule has 0 saturated heterocycles. The molecule has 0 spiro atoms. The molecule has 0 aliphatic heterocycles. The Kier molecular flexibility index (Phi) is 6.36. The number of hydrogen-bond acceptors (Lipinski definition) is 5. The third-order valence-corrected chi connectivity index (χ3v) is 7.18. The van der Waals surface area contributed by atoms with Gasteiger partial charge in [-0.1, -0.05) is 48.5 Å². The summed E-state index contributed by atoms with van der Waals surface area (Å²) in [5.74, 6) is -0.249. The maximum atomic E-state index is 13.9. The minimum absolute atomic E-state index is 0.0249. The van der Waals surface area contributed by atoms with Gasteiger partial charge in [0, 0.05) is 30.1 Å². The molecule has 1 aliphatic carbocycles. The number of hydrogen-bond donors (Lipinski definition) is 2. The van der Waals surface area contributed by atoms with E-state index in [1.54, 1.807) is 35.9 Å². The van der Waals surface area contributed by atoms with Crippen LogP contribution in [0.5, 0.6) is 5.75 Å². The maximum absolute atomic E-state index is 13.9. The summed E-state index contributed by atoms with van der Waals surface area (Å²) in [6, 6.07) is 16.5. The second kappa shape index (κ2) is 9.62. The molecular formula is C28H30N4O4. The van der Waals surface area contributed by atoms with Gasteiger partial charge in [0.15, 0.2) is 17.2 Å². The Hall–Kier alpha value is -3.91. The number of aromatic nitrogens is 2. The van der Waals surface area contributed by atoms with Gasteiger partial charge in [0.2, 0.25) is 0 Å². The largest absolute Gasteiger partial charge is 0.493 e. The molecule has 8 heteroatoms. The fourth-order valence-electron chi connectivity index (χ4n) is 5.31. The Balaban J connectivity index is 1.65. The molecule has 3 N–H and O–H groups in total. The van der Waals surface area contributed by atoms with Crippen LogP contribution in [0.1, 0.15) is 46.5 Å². The van der Waals surface area contributed by atoms with Crippen molar-refractivity contribution in [1.29, 1.82) is 0 Å². The molecule has 0 bridgehead atoms. The average molecular weight is 487 g/mol. The van der Waals surface area contributed by atoms with Crippen LogP contribution in [0.15, 0.2) is 59.4 Å². The van der Waals surface area contributed by atoms with Crippen molar-refractivity contribution in [3.8, 4) is 5.75 Å². The van der Waals surface area contributed by atoms with E-state index in [2.05, 4.69) is 5.32 Å². The van der Waals surface area contributed by atoms with Gasteiger partial charge >= 0.3 is 0 Å². The normalized spacial score (nSPS) is 17.9. The number of ether oxygens (including phenoxy) is 1. The van der Waals surface area contributed by atoms with Gasteiger partial charge in [-0.15, -0.1) is 0 Å². The number of Topliss-reactive ketones (excluding diaryl/α,β-unsaturated/α-hetero) is 1. The van der Waals surface area contributed by atoms with Crippen molar-refractivity contribution < 1.29 is 14.3 Å². The van der Waals surface area contributed by atoms with Crippen LogP contribution in [0, 0.1) is 0 Å². The minimum atomic E-state index is -0.372. The molecule has 0 atom stereocenters. The lowest BCUT2D eigenvalue weighted by molar-refractivity contribution is 0.0913. The van der Waals surface area contributed by atoms with E-state index in [-0.39, 0.29) is 52.7 Å². The average Bonchev–Trinajstić information content (AvgIpc) is 3.20. The van der Waals surface area contributed by atoms with E-state index in [9.17, 15) is 14.4 Å². The number of carbonyl (C=O) groups is 2. The van der Waals surface area contributed by atoms with Gasteiger partial charge in [0.05, 0.1) is 24.7 Å². The van der Waals surface area contributed by atoms with Crippen LogP contribution >= 0.6 is 0 Å². The minimum Gasteiger partial charge on any atom is -0.493 e. The van der Waals surface area contributed by atoms with Gasteiger partial charge in [-0.05, 0) is 31.7 Å². The van der Waals surface area contributed by atoms with Crippen LogP contribution in [0.2, 0.25) is 0 Å². The molecule has 1 aliphatic rings. The molecule has 186 valence electrons. The van der Waals surface area contributed by atoms with E-state index < -0.39 is 0 Å². The van der Waals surface area contributed by atoms with Gasteiger partial charge in [-0.3, -0.25) is 19.0 Å². The zero-order valence-corrected chi connectivity index (χ0v) is 20.5. The molecule has 0 radical (unpaired) electrons. The summed E-state index contributed by atoms with van der Waals surface area (Å²) in [5.41, 5.74) is 7.69. The van der Waals surface area contributed by atoms with Crippen molar-refractivity contribution in [3.05, 3.63) is 76.2 Å². The highest BCUT2D eigenvalue weighted by Gasteiger charge is 2.29. The van der Waals surface area contributed by atoms with Crippen LogP contribution in [0.3, 0.4) is 0 Å². The SMILES string of the molecule is COc1c(C(=O)NC2CCC(N)CC2)n(C)c2c1c(=O)n(CC(=O)c1ccccc1)c1ccccc21. The van der Waals surface area contributed by atoms with Crippen molar-refractivity contribution >= 4 is 33.5 Å². The number of ketones is 1. The number of para-hydroxylation sites is 1. The zero-order chi connectivity index (χ0) is 25.4. The Labute approximate surface area is 208 Å². The summed E-state index contributed by atoms with van der Waals surface area (Å²) in [5, 5.41) is 4.16. The number of amides is 1. The lowest BCUT2D eigenvalue weighted by Gasteiger charge is -2.26. The van der Waals surface area contributed by atoms with Crippen LogP contribution < -0.4 is 21.3 Å². The summed E-state index contributed by atoms with van der Waals surface area (Å²) in [6.45, 7) is -0.124. The molecule has 36 heavy (non-hydrogen) atoms. The number of carbonyl (C=O) groups excluding carboxylic acids is 2. The molecule has 1 saturated carbocycles. The van der Waals surface area contributed by atoms with E-state index in [4.69, 9.17) is 10.5 Å². The third kappa shape index (κ3) is 4.07. The maximum Gasteiger partial charge on any atom is 0.272 e. The van der Waals surface area contributed by atoms with E-state index in [0.717, 1.165) is 31.1 Å². The van der Waals surface area contributed by atoms with Crippen LogP contribution in [-0.4, -0.2) is 40.0 Å². The molecule has 8 nitrogen and oxygen atoms in total. The monoisotopic (exact) mass is 486 g/mol. The highest BCUT2D eigenvalue weighted by molar-refractivity contribution is 6.12. The van der Waals surface area contributed by atoms with Crippen LogP contribution in [-0.2, 0) is 13.6 Å². The molecule has 2 heterocycles. The number of rotatable bonds is 6. The third-order valence-electron chi connectivity index (χ3n) is 7.18. The van der Waals surface area contributed by atoms with Gasteiger partial charge in [0.1, 0.15) is 5.39 Å². The zero-order valence-electron chi connectivity index (χ0n) is 20.5. The molecule has 2 aromatic carbocycles. The van der Waals surface area contributed by atoms with E-state index in [1.807, 2.05) is 30.3 Å². The molecule has 5 rings (SSSR count). The fraction of sp³-hybridized carbons (Fsp3) is 0.321. The number of nitrogens with one attached hydrogen (secondary N) is 1. The Morgan fingerprint density at radius 2 is 1.69 bits per heavy atom. The first-order valence-electron chi connectivity index (χ1n) is 12.2. The molecule has 0 unspecified atom stereocenters. The van der Waals surface area contributed by atoms with E-state index >= 15 is 0 Å². The summed E-state index contributed by atoms with van der Waals surface area (Å²) >= 11 is 0. The van der Waals surface area contributed by atoms with Crippen molar-refractivity contribution in [1.82, 2.24) is 14.5 Å². The van der Waals surface area contributed by atoms with Gasteiger partial charge in [-0.25, -0.2) is 0 Å². The predicted molar refractivity (Wildman–Crippen MR) is 140 cm³/mol. The van der Waals surface area contributed by atoms with Crippen molar-refractivity contribution in [2.45, 2.75) is 44.3 Å². The van der Waals surface area contributed by atoms with Crippen LogP contribution in [0.4, 0.5) is 0 Å². The first kappa shape index (κ1) is 23.8. The quantitative estimate of drug-likeness (QED) is 0.406. The topological polar surface area (TPSA) is 108 Å². The Morgan fingerprint density at radius 3 is 2.39 bits per heavy atom.